The first-order valence-electron chi connectivity index (χ1n) is 18.0. The highest BCUT2D eigenvalue weighted by Gasteiger charge is 2.23. The zero-order chi connectivity index (χ0) is 40.3. The summed E-state index contributed by atoms with van der Waals surface area (Å²) in [4.78, 5) is 65.0. The number of nitrogens with one attached hydrogen (secondary N) is 4. The zero-order valence-corrected chi connectivity index (χ0v) is 31.9. The molecule has 0 heterocycles. The molecule has 15 heteroatoms. The maximum absolute atomic E-state index is 13.7. The Morgan fingerprint density at radius 1 is 0.464 bits per heavy atom. The fourth-order valence-corrected chi connectivity index (χ4v) is 5.50. The number of ether oxygens (including phenoxy) is 1. The van der Waals surface area contributed by atoms with Gasteiger partial charge in [-0.25, -0.2) is 24.8 Å². The molecule has 0 radical (unpaired) electrons. The first kappa shape index (κ1) is 42.6. The van der Waals surface area contributed by atoms with Crippen LogP contribution in [0.1, 0.15) is 43.0 Å². The molecule has 0 unspecified atom stereocenters. The molecule has 0 atom stereocenters. The molecule has 0 aliphatic heterocycles. The number of carbonyl (C=O) groups is 5. The van der Waals surface area contributed by atoms with E-state index in [0.717, 1.165) is 22.3 Å². The van der Waals surface area contributed by atoms with E-state index in [1.54, 1.807) is 20.8 Å². The summed E-state index contributed by atoms with van der Waals surface area (Å²) in [7, 11) is 0. The zero-order valence-electron chi connectivity index (χ0n) is 31.9. The van der Waals surface area contributed by atoms with E-state index in [1.165, 1.54) is 20.0 Å². The van der Waals surface area contributed by atoms with E-state index < -0.39 is 41.9 Å². The Labute approximate surface area is 327 Å². The van der Waals surface area contributed by atoms with E-state index in [2.05, 4.69) is 21.7 Å². The third kappa shape index (κ3) is 16.9. The summed E-state index contributed by atoms with van der Waals surface area (Å²) < 4.78 is 5.42. The predicted molar refractivity (Wildman–Crippen MR) is 209 cm³/mol. The number of benzene rings is 4. The first-order valence-corrected chi connectivity index (χ1v) is 18.0. The summed E-state index contributed by atoms with van der Waals surface area (Å²) in [5, 5.41) is 15.1. The molecule has 0 fully saturated rings. The minimum absolute atomic E-state index is 0.146. The minimum Gasteiger partial charge on any atom is -0.480 e. The molecule has 0 aliphatic carbocycles. The summed E-state index contributed by atoms with van der Waals surface area (Å²) in [6.07, 6.45) is -0.726. The maximum Gasteiger partial charge on any atom is 0.422 e. The first-order chi connectivity index (χ1) is 26.8. The van der Waals surface area contributed by atoms with Crippen molar-refractivity contribution in [3.8, 4) is 0 Å². The summed E-state index contributed by atoms with van der Waals surface area (Å²) in [6.45, 7) is 4.49. The van der Waals surface area contributed by atoms with Crippen molar-refractivity contribution in [1.29, 1.82) is 0 Å². The molecule has 4 amide bonds. The van der Waals surface area contributed by atoms with Gasteiger partial charge < -0.3 is 9.84 Å². The third-order valence-corrected chi connectivity index (χ3v) is 7.69. The normalized spacial score (nSPS) is 11.3. The van der Waals surface area contributed by atoms with E-state index in [-0.39, 0.29) is 45.8 Å². The van der Waals surface area contributed by atoms with Gasteiger partial charge in [-0.3, -0.25) is 40.9 Å². The lowest BCUT2D eigenvalue weighted by Crippen LogP contribution is -2.55. The number of hydrogen-bond acceptors (Lipinski definition) is 10. The van der Waals surface area contributed by atoms with Gasteiger partial charge in [0.05, 0.1) is 19.6 Å². The Bertz CT molecular complexity index is 1850. The number of nitrogens with zero attached hydrogens (tertiary/aromatic N) is 4. The van der Waals surface area contributed by atoms with Crippen LogP contribution in [0, 0.1) is 0 Å². The second kappa shape index (κ2) is 21.7. The van der Waals surface area contributed by atoms with Gasteiger partial charge in [0.25, 0.3) is 0 Å². The molecule has 15 nitrogen and oxygen atoms in total. The number of carboxylic acid groups (broad SMARTS) is 1. The van der Waals surface area contributed by atoms with Crippen LogP contribution in [0.15, 0.2) is 121 Å². The molecule has 296 valence electrons. The Balaban J connectivity index is 1.47. The largest absolute Gasteiger partial charge is 0.480 e. The van der Waals surface area contributed by atoms with E-state index in [0.29, 0.717) is 0 Å². The van der Waals surface area contributed by atoms with Crippen LogP contribution in [-0.2, 0) is 50.1 Å². The fraction of sp³-hybridized carbons (Fsp3) is 0.293. The second-order valence-electron chi connectivity index (χ2n) is 14.0. The van der Waals surface area contributed by atoms with E-state index in [9.17, 15) is 29.1 Å². The minimum atomic E-state index is -1.12. The molecule has 4 rings (SSSR count). The van der Waals surface area contributed by atoms with Crippen LogP contribution < -0.4 is 21.7 Å². The Morgan fingerprint density at radius 3 is 1.00 bits per heavy atom. The highest BCUT2D eigenvalue weighted by atomic mass is 16.6. The average Bonchev–Trinajstić information content (AvgIpc) is 3.12. The van der Waals surface area contributed by atoms with Gasteiger partial charge in [-0.05, 0) is 43.0 Å². The molecule has 5 N–H and O–H groups in total. The van der Waals surface area contributed by atoms with Crippen LogP contribution in [0.5, 0.6) is 0 Å². The SMILES string of the molecule is CC(C)(C)OC(=O)NN(CC(=O)NN(CC(=O)NN(CC(=O)NN(CC(=O)O)Cc1ccccc1)Cc1ccccc1)Cc1ccccc1)Cc1ccccc1. The summed E-state index contributed by atoms with van der Waals surface area (Å²) in [6, 6.07) is 36.9. The van der Waals surface area contributed by atoms with Gasteiger partial charge in [-0.15, -0.1) is 0 Å². The molecule has 0 spiro atoms. The summed E-state index contributed by atoms with van der Waals surface area (Å²) in [5.74, 6) is -2.73. The molecule has 4 aromatic rings. The number of amides is 4. The fourth-order valence-electron chi connectivity index (χ4n) is 5.50. The molecule has 0 bridgehead atoms. The number of hydrazine groups is 4. The van der Waals surface area contributed by atoms with Gasteiger partial charge in [0, 0.05) is 26.2 Å². The molecule has 56 heavy (non-hydrogen) atoms. The molecule has 0 aromatic heterocycles. The third-order valence-electron chi connectivity index (χ3n) is 7.69. The van der Waals surface area contributed by atoms with E-state index in [4.69, 9.17) is 4.74 Å². The topological polar surface area (TPSA) is 176 Å². The Hall–Kier alpha value is -6.13. The van der Waals surface area contributed by atoms with Gasteiger partial charge in [0.1, 0.15) is 12.1 Å². The maximum atomic E-state index is 13.7. The molecular weight excluding hydrogens is 716 g/mol. The lowest BCUT2D eigenvalue weighted by atomic mass is 10.2. The summed E-state index contributed by atoms with van der Waals surface area (Å²) >= 11 is 0. The standard InChI is InChI=1S/C41H50N8O7/c1-41(2,3)56-40(55)45-48(26-34-20-12-6-13-21-34)30-38(52)43-46(24-32-16-8-4-9-17-32)28-36(50)42-47(25-33-18-10-5-11-19-33)29-37(51)44-49(31-39(53)54)27-35-22-14-7-15-23-35/h4-23H,24-31H2,1-3H3,(H,42,50)(H,43,52)(H,44,51)(H,45,55)(H,53,54). The number of carbonyl (C=O) groups excluding carboxylic acids is 4. The monoisotopic (exact) mass is 766 g/mol. The van der Waals surface area contributed by atoms with Crippen LogP contribution in [-0.4, -0.2) is 86.7 Å². The van der Waals surface area contributed by atoms with Crippen molar-refractivity contribution >= 4 is 29.8 Å². The number of carboxylic acids is 1. The van der Waals surface area contributed by atoms with Crippen molar-refractivity contribution in [3.05, 3.63) is 144 Å². The van der Waals surface area contributed by atoms with Crippen LogP contribution in [0.4, 0.5) is 4.79 Å². The van der Waals surface area contributed by atoms with Crippen molar-refractivity contribution in [2.75, 3.05) is 26.2 Å². The van der Waals surface area contributed by atoms with Gasteiger partial charge in [0.15, 0.2) is 0 Å². The number of aliphatic carboxylic acids is 1. The molecule has 0 aliphatic rings. The smallest absolute Gasteiger partial charge is 0.422 e. The second-order valence-corrected chi connectivity index (χ2v) is 14.0. The average molecular weight is 767 g/mol. The van der Waals surface area contributed by atoms with E-state index in [1.807, 2.05) is 121 Å². The van der Waals surface area contributed by atoms with Crippen LogP contribution in [0.2, 0.25) is 0 Å². The summed E-state index contributed by atoms with van der Waals surface area (Å²) in [5.41, 5.74) is 13.4. The lowest BCUT2D eigenvalue weighted by Gasteiger charge is -2.29. The van der Waals surface area contributed by atoms with Crippen LogP contribution in [0.3, 0.4) is 0 Å². The van der Waals surface area contributed by atoms with Crippen molar-refractivity contribution in [2.45, 2.75) is 52.6 Å². The highest BCUT2D eigenvalue weighted by molar-refractivity contribution is 5.82. The van der Waals surface area contributed by atoms with Gasteiger partial charge >= 0.3 is 12.1 Å². The van der Waals surface area contributed by atoms with Crippen molar-refractivity contribution in [2.24, 2.45) is 0 Å². The van der Waals surface area contributed by atoms with Gasteiger partial charge in [-0.1, -0.05) is 121 Å². The quantitative estimate of drug-likeness (QED) is 0.0832. The van der Waals surface area contributed by atoms with Crippen molar-refractivity contribution in [3.63, 3.8) is 0 Å². The van der Waals surface area contributed by atoms with Crippen LogP contribution >= 0.6 is 0 Å². The number of hydrogen-bond donors (Lipinski definition) is 5. The van der Waals surface area contributed by atoms with Gasteiger partial charge in [0.2, 0.25) is 17.7 Å². The lowest BCUT2D eigenvalue weighted by molar-refractivity contribution is -0.141. The highest BCUT2D eigenvalue weighted by Crippen LogP contribution is 2.10. The van der Waals surface area contributed by atoms with E-state index >= 15 is 0 Å². The molecule has 4 aromatic carbocycles. The van der Waals surface area contributed by atoms with Crippen LogP contribution in [0.25, 0.3) is 0 Å². The molecule has 0 saturated carbocycles. The number of rotatable bonds is 20. The Morgan fingerprint density at radius 2 is 0.732 bits per heavy atom. The predicted octanol–water partition coefficient (Wildman–Crippen LogP) is 3.61. The van der Waals surface area contributed by atoms with Gasteiger partial charge in [-0.2, -0.15) is 0 Å². The van der Waals surface area contributed by atoms with Crippen molar-refractivity contribution in [1.82, 2.24) is 41.7 Å². The Kier molecular flexibility index (Phi) is 16.5. The molecular formula is C41H50N8O7. The molecule has 0 saturated heterocycles. The van der Waals surface area contributed by atoms with Crippen molar-refractivity contribution < 1.29 is 33.8 Å².